The fourth-order valence-electron chi connectivity index (χ4n) is 1.54. The van der Waals surface area contributed by atoms with Gasteiger partial charge in [-0.05, 0) is 12.1 Å². The second-order valence-corrected chi connectivity index (χ2v) is 4.02. The number of carbonyl (C=O) groups excluding carboxylic acids is 1. The number of rotatable bonds is 4. The number of carbonyl (C=O) groups is 1. The molecule has 0 aliphatic heterocycles. The minimum Gasteiger partial charge on any atom is -0.349 e. The number of hydrogen-bond donors (Lipinski definition) is 1. The molecule has 0 aliphatic rings. The first-order valence-electron chi connectivity index (χ1n) is 5.92. The average Bonchev–Trinajstić information content (AvgIpc) is 2.44. The highest BCUT2D eigenvalue weighted by Gasteiger charge is 2.07. The third-order valence-electron chi connectivity index (χ3n) is 2.59. The highest BCUT2D eigenvalue weighted by Crippen LogP contribution is 1.89. The summed E-state index contributed by atoms with van der Waals surface area (Å²) in [6.07, 6.45) is 1.50. The standard InChI is InChI=1S/C12H13N5O3/c1-16-10(18)5-4-9(15-16)12(20)13-7-8-17-11(19)3-2-6-14-17/h2-6H,7-8H2,1H3,(H,13,20). The van der Waals surface area contributed by atoms with Gasteiger partial charge in [-0.15, -0.1) is 0 Å². The molecule has 1 amide bonds. The fraction of sp³-hybridized carbons (Fsp3) is 0.250. The van der Waals surface area contributed by atoms with Crippen LogP contribution in [0, 0.1) is 0 Å². The van der Waals surface area contributed by atoms with E-state index in [-0.39, 0.29) is 29.9 Å². The van der Waals surface area contributed by atoms with Crippen LogP contribution in [0.15, 0.2) is 40.1 Å². The van der Waals surface area contributed by atoms with E-state index >= 15 is 0 Å². The van der Waals surface area contributed by atoms with Crippen LogP contribution in [0.5, 0.6) is 0 Å². The van der Waals surface area contributed by atoms with Gasteiger partial charge in [-0.1, -0.05) is 0 Å². The van der Waals surface area contributed by atoms with Gasteiger partial charge in [0.15, 0.2) is 0 Å². The van der Waals surface area contributed by atoms with Crippen molar-refractivity contribution in [3.63, 3.8) is 0 Å². The second-order valence-electron chi connectivity index (χ2n) is 4.02. The van der Waals surface area contributed by atoms with E-state index in [1.165, 1.54) is 36.1 Å². The third kappa shape index (κ3) is 3.16. The summed E-state index contributed by atoms with van der Waals surface area (Å²) in [5, 5.41) is 10.3. The first kappa shape index (κ1) is 13.7. The molecule has 1 N–H and O–H groups in total. The molecule has 0 spiro atoms. The molecule has 8 nitrogen and oxygen atoms in total. The van der Waals surface area contributed by atoms with Crippen molar-refractivity contribution in [1.82, 2.24) is 24.9 Å². The summed E-state index contributed by atoms with van der Waals surface area (Å²) >= 11 is 0. The van der Waals surface area contributed by atoms with Gasteiger partial charge in [0.2, 0.25) is 0 Å². The lowest BCUT2D eigenvalue weighted by Gasteiger charge is -2.06. The van der Waals surface area contributed by atoms with E-state index in [2.05, 4.69) is 15.5 Å². The van der Waals surface area contributed by atoms with Crippen LogP contribution in [-0.4, -0.2) is 32.0 Å². The molecule has 0 saturated heterocycles. The molecule has 0 radical (unpaired) electrons. The van der Waals surface area contributed by atoms with E-state index in [9.17, 15) is 14.4 Å². The lowest BCUT2D eigenvalue weighted by molar-refractivity contribution is 0.0944. The number of aryl methyl sites for hydroxylation is 1. The highest BCUT2D eigenvalue weighted by atomic mass is 16.2. The third-order valence-corrected chi connectivity index (χ3v) is 2.59. The number of nitrogens with zero attached hydrogens (tertiary/aromatic N) is 4. The first-order chi connectivity index (χ1) is 9.58. The Morgan fingerprint density at radius 3 is 2.75 bits per heavy atom. The molecule has 0 atom stereocenters. The summed E-state index contributed by atoms with van der Waals surface area (Å²) < 4.78 is 2.33. The normalized spacial score (nSPS) is 10.2. The van der Waals surface area contributed by atoms with Crippen molar-refractivity contribution >= 4 is 5.91 Å². The number of hydrogen-bond acceptors (Lipinski definition) is 5. The van der Waals surface area contributed by atoms with Gasteiger partial charge in [-0.25, -0.2) is 9.36 Å². The lowest BCUT2D eigenvalue weighted by atomic mass is 10.3. The van der Waals surface area contributed by atoms with Crippen molar-refractivity contribution in [3.05, 3.63) is 56.9 Å². The van der Waals surface area contributed by atoms with Gasteiger partial charge >= 0.3 is 0 Å². The van der Waals surface area contributed by atoms with E-state index in [1.807, 2.05) is 0 Å². The zero-order valence-corrected chi connectivity index (χ0v) is 10.8. The topological polar surface area (TPSA) is 98.9 Å². The maximum atomic E-state index is 11.8. The maximum Gasteiger partial charge on any atom is 0.271 e. The molecule has 104 valence electrons. The molecule has 0 unspecified atom stereocenters. The quantitative estimate of drug-likeness (QED) is 0.753. The van der Waals surface area contributed by atoms with Crippen LogP contribution in [0.2, 0.25) is 0 Å². The average molecular weight is 275 g/mol. The van der Waals surface area contributed by atoms with Gasteiger partial charge in [0, 0.05) is 31.9 Å². The Bertz CT molecular complexity index is 734. The molecule has 0 fully saturated rings. The molecule has 0 aliphatic carbocycles. The summed E-state index contributed by atoms with van der Waals surface area (Å²) in [4.78, 5) is 34.3. The monoisotopic (exact) mass is 275 g/mol. The Labute approximate surface area is 113 Å². The largest absolute Gasteiger partial charge is 0.349 e. The molecule has 2 rings (SSSR count). The Morgan fingerprint density at radius 1 is 1.25 bits per heavy atom. The molecule has 2 heterocycles. The molecule has 0 saturated carbocycles. The summed E-state index contributed by atoms with van der Waals surface area (Å²) in [5.74, 6) is -0.412. The van der Waals surface area contributed by atoms with Crippen LogP contribution >= 0.6 is 0 Å². The maximum absolute atomic E-state index is 11.8. The van der Waals surface area contributed by atoms with Crippen LogP contribution in [0.3, 0.4) is 0 Å². The van der Waals surface area contributed by atoms with Gasteiger partial charge in [-0.3, -0.25) is 14.4 Å². The summed E-state index contributed by atoms with van der Waals surface area (Å²) in [6.45, 7) is 0.497. The Morgan fingerprint density at radius 2 is 2.05 bits per heavy atom. The second kappa shape index (κ2) is 5.91. The summed E-state index contributed by atoms with van der Waals surface area (Å²) in [7, 11) is 1.46. The smallest absolute Gasteiger partial charge is 0.271 e. The van der Waals surface area contributed by atoms with Crippen molar-refractivity contribution in [2.75, 3.05) is 6.54 Å². The highest BCUT2D eigenvalue weighted by molar-refractivity contribution is 5.91. The molecular formula is C12H13N5O3. The van der Waals surface area contributed by atoms with Gasteiger partial charge in [0.05, 0.1) is 6.54 Å². The van der Waals surface area contributed by atoms with Gasteiger partial charge in [0.25, 0.3) is 17.0 Å². The van der Waals surface area contributed by atoms with E-state index in [4.69, 9.17) is 0 Å². The fourth-order valence-corrected chi connectivity index (χ4v) is 1.54. The van der Waals surface area contributed by atoms with Crippen LogP contribution < -0.4 is 16.4 Å². The van der Waals surface area contributed by atoms with E-state index in [0.717, 1.165) is 4.68 Å². The van der Waals surface area contributed by atoms with Crippen LogP contribution in [0.1, 0.15) is 10.5 Å². The Kier molecular flexibility index (Phi) is 4.04. The van der Waals surface area contributed by atoms with Crippen molar-refractivity contribution in [1.29, 1.82) is 0 Å². The van der Waals surface area contributed by atoms with E-state index in [1.54, 1.807) is 6.07 Å². The first-order valence-corrected chi connectivity index (χ1v) is 5.92. The van der Waals surface area contributed by atoms with Gasteiger partial charge < -0.3 is 5.32 Å². The Hall–Kier alpha value is -2.77. The SMILES string of the molecule is Cn1nc(C(=O)NCCn2ncccc2=O)ccc1=O. The zero-order chi connectivity index (χ0) is 14.5. The lowest BCUT2D eigenvalue weighted by Crippen LogP contribution is -2.33. The van der Waals surface area contributed by atoms with Gasteiger partial charge in [-0.2, -0.15) is 10.2 Å². The molecule has 0 bridgehead atoms. The Balaban J connectivity index is 1.96. The molecule has 0 aromatic carbocycles. The molecule has 8 heteroatoms. The van der Waals surface area contributed by atoms with Crippen LogP contribution in [-0.2, 0) is 13.6 Å². The number of amides is 1. The zero-order valence-electron chi connectivity index (χ0n) is 10.8. The van der Waals surface area contributed by atoms with Gasteiger partial charge in [0.1, 0.15) is 5.69 Å². The minimum absolute atomic E-state index is 0.139. The number of aromatic nitrogens is 4. The minimum atomic E-state index is -0.412. The van der Waals surface area contributed by atoms with Crippen molar-refractivity contribution in [2.45, 2.75) is 6.54 Å². The molecule has 20 heavy (non-hydrogen) atoms. The molecule has 2 aromatic rings. The van der Waals surface area contributed by atoms with Crippen LogP contribution in [0.25, 0.3) is 0 Å². The van der Waals surface area contributed by atoms with E-state index < -0.39 is 5.91 Å². The number of nitrogens with one attached hydrogen (secondary N) is 1. The predicted molar refractivity (Wildman–Crippen MR) is 70.3 cm³/mol. The van der Waals surface area contributed by atoms with Crippen molar-refractivity contribution < 1.29 is 4.79 Å². The van der Waals surface area contributed by atoms with E-state index in [0.29, 0.717) is 0 Å². The molecular weight excluding hydrogens is 262 g/mol. The molecule has 2 aromatic heterocycles. The summed E-state index contributed by atoms with van der Waals surface area (Å²) in [6, 6.07) is 5.56. The van der Waals surface area contributed by atoms with Crippen molar-refractivity contribution in [2.24, 2.45) is 7.05 Å². The van der Waals surface area contributed by atoms with Crippen LogP contribution in [0.4, 0.5) is 0 Å². The summed E-state index contributed by atoms with van der Waals surface area (Å²) in [5.41, 5.74) is -0.385. The van der Waals surface area contributed by atoms with Crippen molar-refractivity contribution in [3.8, 4) is 0 Å². The predicted octanol–water partition coefficient (Wildman–Crippen LogP) is -1.23.